The normalized spacial score (nSPS) is 10.6. The molecule has 0 fully saturated rings. The van der Waals surface area contributed by atoms with Crippen LogP contribution in [0.5, 0.6) is 5.75 Å². The predicted octanol–water partition coefficient (Wildman–Crippen LogP) is 2.01. The van der Waals surface area contributed by atoms with Crippen molar-refractivity contribution in [2.75, 3.05) is 13.7 Å². The summed E-state index contributed by atoms with van der Waals surface area (Å²) in [4.78, 5) is 24.4. The molecule has 3 aromatic rings. The molecular weight excluding hydrogens is 356 g/mol. The highest BCUT2D eigenvalue weighted by Crippen LogP contribution is 2.14. The average Bonchev–Trinajstić information content (AvgIpc) is 3.02. The van der Waals surface area contributed by atoms with Gasteiger partial charge in [0.15, 0.2) is 5.82 Å². The molecule has 3 rings (SSSR count). The summed E-state index contributed by atoms with van der Waals surface area (Å²) < 4.78 is 8.02. The van der Waals surface area contributed by atoms with Crippen molar-refractivity contribution in [2.45, 2.75) is 19.4 Å². The number of carbonyl (C=O) groups is 1. The lowest BCUT2D eigenvalue weighted by atomic mass is 10.1. The summed E-state index contributed by atoms with van der Waals surface area (Å²) in [5.41, 5.74) is 1.75. The van der Waals surface area contributed by atoms with Gasteiger partial charge in [0.2, 0.25) is 5.91 Å². The van der Waals surface area contributed by atoms with Crippen molar-refractivity contribution in [2.24, 2.45) is 7.05 Å². The molecule has 0 aliphatic carbocycles. The molecule has 7 heteroatoms. The largest absolute Gasteiger partial charge is 0.497 e. The van der Waals surface area contributed by atoms with Crippen LogP contribution in [0.3, 0.4) is 0 Å². The summed E-state index contributed by atoms with van der Waals surface area (Å²) in [6.45, 7) is 0.681. The zero-order valence-corrected chi connectivity index (χ0v) is 16.1. The fourth-order valence-corrected chi connectivity index (χ4v) is 2.91. The number of rotatable bonds is 8. The van der Waals surface area contributed by atoms with Gasteiger partial charge in [-0.15, -0.1) is 5.10 Å². The predicted molar refractivity (Wildman–Crippen MR) is 107 cm³/mol. The van der Waals surface area contributed by atoms with E-state index < -0.39 is 0 Å². The van der Waals surface area contributed by atoms with E-state index in [2.05, 4.69) is 10.4 Å². The van der Waals surface area contributed by atoms with Gasteiger partial charge in [0.05, 0.1) is 13.7 Å². The van der Waals surface area contributed by atoms with Crippen LogP contribution in [0.4, 0.5) is 0 Å². The quantitative estimate of drug-likeness (QED) is 0.648. The monoisotopic (exact) mass is 380 g/mol. The topological polar surface area (TPSA) is 78.2 Å². The van der Waals surface area contributed by atoms with Crippen molar-refractivity contribution < 1.29 is 9.53 Å². The summed E-state index contributed by atoms with van der Waals surface area (Å²) in [7, 11) is 3.32. The summed E-state index contributed by atoms with van der Waals surface area (Å²) in [6, 6.07) is 17.2. The van der Waals surface area contributed by atoms with Crippen LogP contribution in [-0.4, -0.2) is 33.9 Å². The zero-order chi connectivity index (χ0) is 19.9. The second-order valence-electron chi connectivity index (χ2n) is 6.45. The van der Waals surface area contributed by atoms with Crippen molar-refractivity contribution in [1.82, 2.24) is 19.7 Å². The van der Waals surface area contributed by atoms with Gasteiger partial charge in [-0.2, -0.15) is 0 Å². The van der Waals surface area contributed by atoms with E-state index in [1.165, 1.54) is 9.25 Å². The van der Waals surface area contributed by atoms with E-state index in [4.69, 9.17) is 4.74 Å². The molecule has 1 N–H and O–H groups in total. The molecule has 146 valence electrons. The molecule has 0 saturated carbocycles. The van der Waals surface area contributed by atoms with E-state index in [0.29, 0.717) is 31.8 Å². The Bertz CT molecular complexity index is 975. The number of aryl methyl sites for hydroxylation is 1. The maximum absolute atomic E-state index is 12.3. The highest BCUT2D eigenvalue weighted by atomic mass is 16.5. The number of nitrogens with zero attached hydrogens (tertiary/aromatic N) is 3. The summed E-state index contributed by atoms with van der Waals surface area (Å²) >= 11 is 0. The molecule has 7 nitrogen and oxygen atoms in total. The highest BCUT2D eigenvalue weighted by Gasteiger charge is 2.12. The van der Waals surface area contributed by atoms with Gasteiger partial charge in [-0.1, -0.05) is 42.5 Å². The van der Waals surface area contributed by atoms with Crippen LogP contribution in [0.25, 0.3) is 11.4 Å². The van der Waals surface area contributed by atoms with Crippen LogP contribution in [-0.2, 0) is 24.8 Å². The van der Waals surface area contributed by atoms with Crippen molar-refractivity contribution in [1.29, 1.82) is 0 Å². The summed E-state index contributed by atoms with van der Waals surface area (Å²) in [5, 5.41) is 7.24. The number of aromatic nitrogens is 3. The Morgan fingerprint density at radius 1 is 1.11 bits per heavy atom. The summed E-state index contributed by atoms with van der Waals surface area (Å²) in [5.74, 6) is 1.35. The molecule has 2 aromatic carbocycles. The molecule has 0 radical (unpaired) electrons. The number of ether oxygens (including phenoxy) is 1. The highest BCUT2D eigenvalue weighted by molar-refractivity contribution is 5.76. The lowest BCUT2D eigenvalue weighted by Gasteiger charge is -2.06. The molecule has 0 spiro atoms. The lowest BCUT2D eigenvalue weighted by Crippen LogP contribution is -2.31. The van der Waals surface area contributed by atoms with Gasteiger partial charge in [0.25, 0.3) is 0 Å². The molecular formula is C21H24N4O3. The van der Waals surface area contributed by atoms with Crippen molar-refractivity contribution >= 4 is 5.91 Å². The first kappa shape index (κ1) is 19.4. The van der Waals surface area contributed by atoms with Crippen molar-refractivity contribution in [3.8, 4) is 17.1 Å². The lowest BCUT2D eigenvalue weighted by molar-refractivity contribution is -0.121. The zero-order valence-electron chi connectivity index (χ0n) is 16.1. The van der Waals surface area contributed by atoms with Crippen LogP contribution in [0.1, 0.15) is 12.0 Å². The van der Waals surface area contributed by atoms with E-state index in [0.717, 1.165) is 16.9 Å². The second-order valence-corrected chi connectivity index (χ2v) is 6.45. The maximum Gasteiger partial charge on any atom is 0.345 e. The Balaban J connectivity index is 1.50. The van der Waals surface area contributed by atoms with Crippen LogP contribution < -0.4 is 15.7 Å². The Morgan fingerprint density at radius 2 is 1.82 bits per heavy atom. The van der Waals surface area contributed by atoms with Crippen LogP contribution >= 0.6 is 0 Å². The molecule has 0 atom stereocenters. The van der Waals surface area contributed by atoms with Gasteiger partial charge in [0, 0.05) is 25.6 Å². The molecule has 0 aliphatic rings. The van der Waals surface area contributed by atoms with Gasteiger partial charge >= 0.3 is 5.69 Å². The third kappa shape index (κ3) is 4.68. The van der Waals surface area contributed by atoms with Gasteiger partial charge in [0.1, 0.15) is 5.75 Å². The van der Waals surface area contributed by atoms with E-state index in [1.807, 2.05) is 54.6 Å². The average molecular weight is 380 g/mol. The first-order chi connectivity index (χ1) is 13.6. The minimum atomic E-state index is -0.202. The van der Waals surface area contributed by atoms with Crippen LogP contribution in [0.15, 0.2) is 59.4 Å². The summed E-state index contributed by atoms with van der Waals surface area (Å²) in [6.07, 6.45) is 1.04. The smallest absolute Gasteiger partial charge is 0.345 e. The third-order valence-electron chi connectivity index (χ3n) is 4.52. The Kier molecular flexibility index (Phi) is 6.26. The SMILES string of the molecule is COc1ccc(CCC(=O)NCCn2nc(-c3ccccc3)n(C)c2=O)cc1. The molecule has 1 amide bonds. The molecule has 0 saturated heterocycles. The molecule has 28 heavy (non-hydrogen) atoms. The molecule has 0 unspecified atom stereocenters. The Labute approximate surface area is 163 Å². The Morgan fingerprint density at radius 3 is 2.50 bits per heavy atom. The number of carbonyl (C=O) groups excluding carboxylic acids is 1. The second kappa shape index (κ2) is 9.03. The van der Waals surface area contributed by atoms with Crippen LogP contribution in [0, 0.1) is 0 Å². The maximum atomic E-state index is 12.3. The van der Waals surface area contributed by atoms with E-state index in [1.54, 1.807) is 14.2 Å². The molecule has 1 heterocycles. The number of methoxy groups -OCH3 is 1. The Hall–Kier alpha value is -3.35. The molecule has 0 aliphatic heterocycles. The van der Waals surface area contributed by atoms with Gasteiger partial charge in [-0.25, -0.2) is 9.48 Å². The van der Waals surface area contributed by atoms with E-state index in [9.17, 15) is 9.59 Å². The van der Waals surface area contributed by atoms with Crippen LogP contribution in [0.2, 0.25) is 0 Å². The number of benzene rings is 2. The fraction of sp³-hybridized carbons (Fsp3) is 0.286. The number of amides is 1. The molecule has 1 aromatic heterocycles. The number of hydrogen-bond acceptors (Lipinski definition) is 4. The molecule has 0 bridgehead atoms. The minimum absolute atomic E-state index is 0.0527. The van der Waals surface area contributed by atoms with Gasteiger partial charge in [-0.3, -0.25) is 9.36 Å². The first-order valence-electron chi connectivity index (χ1n) is 9.17. The van der Waals surface area contributed by atoms with Crippen molar-refractivity contribution in [3.63, 3.8) is 0 Å². The standard InChI is InChI=1S/C21H24N4O3/c1-24-20(17-6-4-3-5-7-17)23-25(21(24)27)15-14-22-19(26)13-10-16-8-11-18(28-2)12-9-16/h3-9,11-12H,10,13-15H2,1-2H3,(H,22,26). The minimum Gasteiger partial charge on any atom is -0.497 e. The van der Waals surface area contributed by atoms with Gasteiger partial charge < -0.3 is 10.1 Å². The van der Waals surface area contributed by atoms with Crippen molar-refractivity contribution in [3.05, 3.63) is 70.6 Å². The van der Waals surface area contributed by atoms with E-state index in [-0.39, 0.29) is 11.6 Å². The van der Waals surface area contributed by atoms with E-state index >= 15 is 0 Å². The number of hydrogen-bond donors (Lipinski definition) is 1. The fourth-order valence-electron chi connectivity index (χ4n) is 2.91. The first-order valence-corrected chi connectivity index (χ1v) is 9.17. The number of nitrogens with one attached hydrogen (secondary N) is 1. The third-order valence-corrected chi connectivity index (χ3v) is 4.52. The van der Waals surface area contributed by atoms with Gasteiger partial charge in [-0.05, 0) is 24.1 Å².